The maximum absolute atomic E-state index is 12.4. The molecule has 0 N–H and O–H groups in total. The fourth-order valence-corrected chi connectivity index (χ4v) is 2.84. The Hall–Kier alpha value is -2.47. The van der Waals surface area contributed by atoms with Crippen LogP contribution in [0.2, 0.25) is 0 Å². The van der Waals surface area contributed by atoms with E-state index in [1.54, 1.807) is 26.3 Å². The molecule has 0 aliphatic rings. The summed E-state index contributed by atoms with van der Waals surface area (Å²) in [7, 11) is 1.60. The second kappa shape index (κ2) is 5.49. The van der Waals surface area contributed by atoms with Crippen LogP contribution in [0.4, 0.5) is 0 Å². The molecule has 0 aliphatic carbocycles. The molecule has 0 radical (unpaired) electrons. The number of benzene rings is 1. The van der Waals surface area contributed by atoms with Crippen molar-refractivity contribution in [3.8, 4) is 5.75 Å². The molecule has 0 atom stereocenters. The highest BCUT2D eigenvalue weighted by molar-refractivity contribution is 7.16. The monoisotopic (exact) mass is 299 g/mol. The molecule has 5 nitrogen and oxygen atoms in total. The summed E-state index contributed by atoms with van der Waals surface area (Å²) >= 11 is 1.45. The first kappa shape index (κ1) is 13.5. The Morgan fingerprint density at radius 2 is 2.14 bits per heavy atom. The molecule has 106 valence electrons. The molecule has 1 aromatic carbocycles. The van der Waals surface area contributed by atoms with Crippen LogP contribution in [0.1, 0.15) is 11.4 Å². The van der Waals surface area contributed by atoms with Crippen LogP contribution in [0.3, 0.4) is 0 Å². The van der Waals surface area contributed by atoms with Crippen molar-refractivity contribution >= 4 is 27.8 Å². The van der Waals surface area contributed by atoms with E-state index in [0.29, 0.717) is 17.0 Å². The zero-order valence-corrected chi connectivity index (χ0v) is 12.4. The van der Waals surface area contributed by atoms with Crippen molar-refractivity contribution in [3.05, 3.63) is 57.5 Å². The van der Waals surface area contributed by atoms with Gasteiger partial charge in [0.25, 0.3) is 5.56 Å². The quantitative estimate of drug-likeness (QED) is 0.699. The van der Waals surface area contributed by atoms with E-state index in [9.17, 15) is 4.79 Å². The Morgan fingerprint density at radius 1 is 1.33 bits per heavy atom. The third-order valence-corrected chi connectivity index (χ3v) is 3.90. The summed E-state index contributed by atoms with van der Waals surface area (Å²) in [5.41, 5.74) is 0.640. The van der Waals surface area contributed by atoms with Gasteiger partial charge in [-0.1, -0.05) is 12.1 Å². The Morgan fingerprint density at radius 3 is 2.95 bits per heavy atom. The molecule has 0 amide bonds. The highest BCUT2D eigenvalue weighted by atomic mass is 32.1. The van der Waals surface area contributed by atoms with E-state index in [4.69, 9.17) is 4.74 Å². The number of ether oxygens (including phenoxy) is 1. The van der Waals surface area contributed by atoms with Gasteiger partial charge in [-0.25, -0.2) is 4.98 Å². The van der Waals surface area contributed by atoms with E-state index in [0.717, 1.165) is 10.4 Å². The van der Waals surface area contributed by atoms with Crippen LogP contribution in [-0.4, -0.2) is 23.0 Å². The van der Waals surface area contributed by atoms with Crippen molar-refractivity contribution in [2.75, 3.05) is 7.11 Å². The van der Waals surface area contributed by atoms with Gasteiger partial charge in [0.15, 0.2) is 0 Å². The topological polar surface area (TPSA) is 56.5 Å². The van der Waals surface area contributed by atoms with Gasteiger partial charge < -0.3 is 4.74 Å². The number of thiophene rings is 1. The van der Waals surface area contributed by atoms with E-state index in [-0.39, 0.29) is 5.56 Å². The molecular formula is C15H13N3O2S. The van der Waals surface area contributed by atoms with Crippen LogP contribution in [0.15, 0.2) is 45.6 Å². The largest absolute Gasteiger partial charge is 0.496 e. The fourth-order valence-electron chi connectivity index (χ4n) is 2.04. The number of aryl methyl sites for hydroxylation is 1. The van der Waals surface area contributed by atoms with E-state index in [1.807, 2.05) is 29.6 Å². The van der Waals surface area contributed by atoms with E-state index in [1.165, 1.54) is 16.0 Å². The lowest BCUT2D eigenvalue weighted by Crippen LogP contribution is -2.19. The Bertz CT molecular complexity index is 880. The van der Waals surface area contributed by atoms with Crippen LogP contribution in [0, 0.1) is 6.92 Å². The zero-order valence-electron chi connectivity index (χ0n) is 11.6. The second-order valence-corrected chi connectivity index (χ2v) is 5.30. The average Bonchev–Trinajstić information content (AvgIpc) is 2.95. The predicted octanol–water partition coefficient (Wildman–Crippen LogP) is 2.66. The number of hydrogen-bond acceptors (Lipinski definition) is 5. The van der Waals surface area contributed by atoms with Gasteiger partial charge in [-0.3, -0.25) is 4.79 Å². The number of rotatable bonds is 3. The molecule has 0 fully saturated rings. The molecule has 0 unspecified atom stereocenters. The molecule has 21 heavy (non-hydrogen) atoms. The first-order valence-corrected chi connectivity index (χ1v) is 7.23. The lowest BCUT2D eigenvalue weighted by Gasteiger charge is -2.05. The maximum Gasteiger partial charge on any atom is 0.282 e. The fraction of sp³-hybridized carbons (Fsp3) is 0.133. The van der Waals surface area contributed by atoms with Gasteiger partial charge in [0.1, 0.15) is 16.4 Å². The summed E-state index contributed by atoms with van der Waals surface area (Å²) in [6, 6.07) is 9.26. The van der Waals surface area contributed by atoms with Crippen LogP contribution in [0.5, 0.6) is 5.75 Å². The lowest BCUT2D eigenvalue weighted by molar-refractivity contribution is 0.414. The number of para-hydroxylation sites is 1. The van der Waals surface area contributed by atoms with Crippen molar-refractivity contribution in [3.63, 3.8) is 0 Å². The molecule has 3 aromatic rings. The number of methoxy groups -OCH3 is 1. The predicted molar refractivity (Wildman–Crippen MR) is 84.6 cm³/mol. The smallest absolute Gasteiger partial charge is 0.282 e. The maximum atomic E-state index is 12.4. The molecule has 2 aromatic heterocycles. The minimum Gasteiger partial charge on any atom is -0.496 e. The highest BCUT2D eigenvalue weighted by Gasteiger charge is 2.08. The molecular weight excluding hydrogens is 286 g/mol. The molecule has 0 bridgehead atoms. The van der Waals surface area contributed by atoms with E-state index >= 15 is 0 Å². The van der Waals surface area contributed by atoms with Gasteiger partial charge in [0, 0.05) is 5.56 Å². The Balaban J connectivity index is 2.09. The highest BCUT2D eigenvalue weighted by Crippen LogP contribution is 2.16. The summed E-state index contributed by atoms with van der Waals surface area (Å²) in [5, 5.41) is 6.70. The van der Waals surface area contributed by atoms with Gasteiger partial charge in [-0.15, -0.1) is 11.3 Å². The minimum absolute atomic E-state index is 0.162. The number of aromatic nitrogens is 2. The number of nitrogens with zero attached hydrogens (tertiary/aromatic N) is 3. The van der Waals surface area contributed by atoms with Crippen LogP contribution < -0.4 is 10.3 Å². The van der Waals surface area contributed by atoms with Crippen LogP contribution in [-0.2, 0) is 0 Å². The summed E-state index contributed by atoms with van der Waals surface area (Å²) in [6.07, 6.45) is 1.60. The summed E-state index contributed by atoms with van der Waals surface area (Å²) in [5.74, 6) is 1.26. The van der Waals surface area contributed by atoms with Crippen LogP contribution >= 0.6 is 11.3 Å². The summed E-state index contributed by atoms with van der Waals surface area (Å²) in [6.45, 7) is 1.76. The molecule has 0 saturated carbocycles. The standard InChI is InChI=1S/C15H13N3O2S/c1-10-17-14-12(7-8-21-14)15(19)18(10)16-9-11-5-3-4-6-13(11)20-2/h3-9H,1-2H3/b16-9-. The summed E-state index contributed by atoms with van der Waals surface area (Å²) < 4.78 is 6.57. The SMILES string of the molecule is COc1ccccc1/C=N\n1c(C)nc2sccc2c1=O. The van der Waals surface area contributed by atoms with Gasteiger partial charge >= 0.3 is 0 Å². The number of fused-ring (bicyclic) bond motifs is 1. The average molecular weight is 299 g/mol. The third kappa shape index (κ3) is 2.45. The number of hydrogen-bond donors (Lipinski definition) is 0. The second-order valence-electron chi connectivity index (χ2n) is 4.40. The van der Waals surface area contributed by atoms with Crippen molar-refractivity contribution in [1.29, 1.82) is 0 Å². The molecule has 0 aliphatic heterocycles. The molecule has 6 heteroatoms. The van der Waals surface area contributed by atoms with E-state index < -0.39 is 0 Å². The van der Waals surface area contributed by atoms with Gasteiger partial charge in [0.2, 0.25) is 0 Å². The Labute approximate surface area is 125 Å². The van der Waals surface area contributed by atoms with Crippen LogP contribution in [0.25, 0.3) is 10.2 Å². The van der Waals surface area contributed by atoms with E-state index in [2.05, 4.69) is 10.1 Å². The van der Waals surface area contributed by atoms with Gasteiger partial charge in [-0.05, 0) is 30.5 Å². The van der Waals surface area contributed by atoms with Crippen molar-refractivity contribution in [1.82, 2.24) is 9.66 Å². The van der Waals surface area contributed by atoms with Crippen molar-refractivity contribution in [2.45, 2.75) is 6.92 Å². The summed E-state index contributed by atoms with van der Waals surface area (Å²) in [4.78, 5) is 17.5. The lowest BCUT2D eigenvalue weighted by atomic mass is 10.2. The molecule has 0 saturated heterocycles. The van der Waals surface area contributed by atoms with Crippen molar-refractivity contribution < 1.29 is 4.74 Å². The molecule has 0 spiro atoms. The first-order chi connectivity index (χ1) is 10.2. The first-order valence-electron chi connectivity index (χ1n) is 6.35. The van der Waals surface area contributed by atoms with Gasteiger partial charge in [0.05, 0.1) is 18.7 Å². The normalized spacial score (nSPS) is 11.3. The third-order valence-electron chi connectivity index (χ3n) is 3.09. The zero-order chi connectivity index (χ0) is 14.8. The Kier molecular flexibility index (Phi) is 3.53. The van der Waals surface area contributed by atoms with Crippen molar-refractivity contribution in [2.24, 2.45) is 5.10 Å². The minimum atomic E-state index is -0.162. The molecule has 3 rings (SSSR count). The van der Waals surface area contributed by atoms with Gasteiger partial charge in [-0.2, -0.15) is 9.78 Å². The molecule has 2 heterocycles.